The summed E-state index contributed by atoms with van der Waals surface area (Å²) in [5, 5.41) is 0. The lowest BCUT2D eigenvalue weighted by Gasteiger charge is -2.08. The third-order valence-electron chi connectivity index (χ3n) is 1.54. The van der Waals surface area contributed by atoms with Crippen LogP contribution in [-0.2, 0) is 4.57 Å². The first-order valence-electron chi connectivity index (χ1n) is 3.06. The Hall–Kier alpha value is 0.230. The smallest absolute Gasteiger partial charge is 0.0905 e. The van der Waals surface area contributed by atoms with E-state index in [1.165, 1.54) is 0 Å². The molecule has 0 atom stereocenters. The van der Waals surface area contributed by atoms with Crippen LogP contribution in [0.1, 0.15) is 20.8 Å². The molecule has 0 amide bonds. The first-order chi connectivity index (χ1) is 3.68. The van der Waals surface area contributed by atoms with Crippen LogP contribution in [0.15, 0.2) is 0 Å². The maximum absolute atomic E-state index is 11.3. The lowest BCUT2D eigenvalue weighted by molar-refractivity contribution is 0.580. The van der Waals surface area contributed by atoms with Crippen LogP contribution in [0.5, 0.6) is 0 Å². The number of hydrogen-bond donors (Lipinski definition) is 0. The van der Waals surface area contributed by atoms with Gasteiger partial charge in [-0.2, -0.15) is 0 Å². The minimum Gasteiger partial charge on any atom is -0.323 e. The van der Waals surface area contributed by atoms with E-state index < -0.39 is 7.14 Å². The SMILES string of the molecule is C[CH]P(=O)(CC)CC. The van der Waals surface area contributed by atoms with E-state index in [-0.39, 0.29) is 0 Å². The molecule has 0 unspecified atom stereocenters. The monoisotopic (exact) mass is 133 g/mol. The van der Waals surface area contributed by atoms with Crippen LogP contribution in [0.3, 0.4) is 0 Å². The molecule has 0 aliphatic carbocycles. The zero-order chi connectivity index (χ0) is 6.62. The topological polar surface area (TPSA) is 17.1 Å². The van der Waals surface area contributed by atoms with Crippen molar-refractivity contribution in [1.29, 1.82) is 0 Å². The van der Waals surface area contributed by atoms with Gasteiger partial charge in [-0.15, -0.1) is 0 Å². The maximum atomic E-state index is 11.3. The molecule has 0 aliphatic heterocycles. The normalized spacial score (nSPS) is 11.9. The van der Waals surface area contributed by atoms with Gasteiger partial charge in [0.15, 0.2) is 0 Å². The molecule has 0 rings (SSSR count). The van der Waals surface area contributed by atoms with E-state index in [4.69, 9.17) is 0 Å². The molecule has 0 aromatic heterocycles. The van der Waals surface area contributed by atoms with Crippen molar-refractivity contribution in [2.75, 3.05) is 12.3 Å². The van der Waals surface area contributed by atoms with Crippen LogP contribution in [-0.4, -0.2) is 12.3 Å². The van der Waals surface area contributed by atoms with Crippen molar-refractivity contribution in [1.82, 2.24) is 0 Å². The van der Waals surface area contributed by atoms with Crippen molar-refractivity contribution in [2.24, 2.45) is 0 Å². The Morgan fingerprint density at radius 3 is 1.75 bits per heavy atom. The third kappa shape index (κ3) is 2.00. The third-order valence-corrected chi connectivity index (χ3v) is 4.62. The Morgan fingerprint density at radius 1 is 1.38 bits per heavy atom. The predicted octanol–water partition coefficient (Wildman–Crippen LogP) is 2.57. The van der Waals surface area contributed by atoms with E-state index in [0.29, 0.717) is 0 Å². The van der Waals surface area contributed by atoms with Gasteiger partial charge in [0.05, 0.1) is 7.14 Å². The summed E-state index contributed by atoms with van der Waals surface area (Å²) >= 11 is 0. The van der Waals surface area contributed by atoms with Crippen molar-refractivity contribution < 1.29 is 4.57 Å². The molecule has 0 saturated carbocycles. The number of hydrogen-bond acceptors (Lipinski definition) is 1. The highest BCUT2D eigenvalue weighted by Gasteiger charge is 2.12. The molecule has 0 heterocycles. The highest BCUT2D eigenvalue weighted by atomic mass is 31.2. The van der Waals surface area contributed by atoms with Gasteiger partial charge in [0.25, 0.3) is 0 Å². The first kappa shape index (κ1) is 8.23. The molecule has 1 nitrogen and oxygen atoms in total. The van der Waals surface area contributed by atoms with E-state index in [0.717, 1.165) is 12.3 Å². The standard InChI is InChI=1S/C6H14OP/c1-4-8(7,5-2)6-3/h4H,5-6H2,1-3H3. The lowest BCUT2D eigenvalue weighted by atomic mass is 10.9. The molecular formula is C6H14OP. The van der Waals surface area contributed by atoms with Crippen molar-refractivity contribution >= 4 is 7.14 Å². The minimum atomic E-state index is -1.79. The summed E-state index contributed by atoms with van der Waals surface area (Å²) in [4.78, 5) is 0. The highest BCUT2D eigenvalue weighted by molar-refractivity contribution is 7.65. The van der Waals surface area contributed by atoms with E-state index in [9.17, 15) is 4.57 Å². The second-order valence-electron chi connectivity index (χ2n) is 1.84. The van der Waals surface area contributed by atoms with Crippen LogP contribution in [0.4, 0.5) is 0 Å². The average Bonchev–Trinajstić information content (AvgIpc) is 1.87. The quantitative estimate of drug-likeness (QED) is 0.541. The predicted molar refractivity (Wildman–Crippen MR) is 38.7 cm³/mol. The minimum absolute atomic E-state index is 0.819. The second kappa shape index (κ2) is 3.29. The summed E-state index contributed by atoms with van der Waals surface area (Å²) in [6.07, 6.45) is 3.49. The molecule has 0 aromatic carbocycles. The molecule has 0 N–H and O–H groups in total. The summed E-state index contributed by atoms with van der Waals surface area (Å²) in [6, 6.07) is 0. The Bertz CT molecular complexity index is 79.7. The highest BCUT2D eigenvalue weighted by Crippen LogP contribution is 2.47. The Morgan fingerprint density at radius 2 is 1.75 bits per heavy atom. The van der Waals surface area contributed by atoms with Crippen LogP contribution in [0, 0.1) is 6.16 Å². The van der Waals surface area contributed by atoms with Gasteiger partial charge in [0.2, 0.25) is 0 Å². The molecule has 0 bridgehead atoms. The van der Waals surface area contributed by atoms with Crippen LogP contribution >= 0.6 is 7.14 Å². The van der Waals surface area contributed by atoms with Gasteiger partial charge in [0.1, 0.15) is 0 Å². The number of rotatable bonds is 3. The van der Waals surface area contributed by atoms with Gasteiger partial charge in [-0.1, -0.05) is 20.8 Å². The molecule has 49 valence electrons. The fourth-order valence-electron chi connectivity index (χ4n) is 0.589. The summed E-state index contributed by atoms with van der Waals surface area (Å²) in [6.45, 7) is 5.84. The largest absolute Gasteiger partial charge is 0.323 e. The molecule has 0 fully saturated rings. The lowest BCUT2D eigenvalue weighted by Crippen LogP contribution is -1.86. The van der Waals surface area contributed by atoms with Gasteiger partial charge in [-0.05, 0) is 12.3 Å². The fraction of sp³-hybridized carbons (Fsp3) is 0.833. The summed E-state index contributed by atoms with van der Waals surface area (Å²) in [5.74, 6) is 0. The molecule has 0 spiro atoms. The fourth-order valence-corrected chi connectivity index (χ4v) is 1.77. The van der Waals surface area contributed by atoms with Gasteiger partial charge in [0, 0.05) is 6.16 Å². The van der Waals surface area contributed by atoms with Crippen molar-refractivity contribution in [2.45, 2.75) is 20.8 Å². The van der Waals surface area contributed by atoms with Gasteiger partial charge >= 0.3 is 0 Å². The summed E-state index contributed by atoms with van der Waals surface area (Å²) < 4.78 is 11.3. The molecule has 2 heteroatoms. The Kier molecular flexibility index (Phi) is 3.39. The van der Waals surface area contributed by atoms with E-state index in [1.807, 2.05) is 26.9 Å². The molecule has 8 heavy (non-hydrogen) atoms. The van der Waals surface area contributed by atoms with Crippen molar-refractivity contribution in [3.63, 3.8) is 0 Å². The first-order valence-corrected chi connectivity index (χ1v) is 5.21. The van der Waals surface area contributed by atoms with E-state index >= 15 is 0 Å². The molecular weight excluding hydrogens is 119 g/mol. The van der Waals surface area contributed by atoms with Crippen LogP contribution < -0.4 is 0 Å². The molecule has 0 aromatic rings. The summed E-state index contributed by atoms with van der Waals surface area (Å²) in [5.41, 5.74) is 0. The Balaban J connectivity index is 3.79. The van der Waals surface area contributed by atoms with Crippen LogP contribution in [0.25, 0.3) is 0 Å². The van der Waals surface area contributed by atoms with Gasteiger partial charge in [-0.25, -0.2) is 0 Å². The van der Waals surface area contributed by atoms with E-state index in [2.05, 4.69) is 0 Å². The Labute approximate surface area is 51.9 Å². The zero-order valence-corrected chi connectivity index (χ0v) is 6.74. The summed E-state index contributed by atoms with van der Waals surface area (Å²) in [7, 11) is -1.79. The molecule has 1 radical (unpaired) electrons. The van der Waals surface area contributed by atoms with Gasteiger partial charge < -0.3 is 4.57 Å². The average molecular weight is 133 g/mol. The van der Waals surface area contributed by atoms with E-state index in [1.54, 1.807) is 0 Å². The molecule has 0 saturated heterocycles. The van der Waals surface area contributed by atoms with Crippen LogP contribution in [0.2, 0.25) is 0 Å². The zero-order valence-electron chi connectivity index (χ0n) is 5.85. The maximum Gasteiger partial charge on any atom is 0.0905 e. The van der Waals surface area contributed by atoms with Crippen molar-refractivity contribution in [3.8, 4) is 0 Å². The van der Waals surface area contributed by atoms with Crippen molar-refractivity contribution in [3.05, 3.63) is 6.16 Å². The molecule has 0 aliphatic rings. The second-order valence-corrected chi connectivity index (χ2v) is 5.53. The van der Waals surface area contributed by atoms with Gasteiger partial charge in [-0.3, -0.25) is 0 Å².